The highest BCUT2D eigenvalue weighted by Crippen LogP contribution is 2.29. The second-order valence-electron chi connectivity index (χ2n) is 9.13. The summed E-state index contributed by atoms with van der Waals surface area (Å²) in [5.41, 5.74) is 4.94. The Hall–Kier alpha value is -3.85. The number of carbonyl (C=O) groups excluding carboxylic acids is 1. The summed E-state index contributed by atoms with van der Waals surface area (Å²) in [5, 5.41) is 14.9. The number of hydrogen-bond acceptors (Lipinski definition) is 6. The Morgan fingerprint density at radius 3 is 2.71 bits per heavy atom. The summed E-state index contributed by atoms with van der Waals surface area (Å²) in [7, 11) is 2.00. The number of hydrogen-bond donors (Lipinski definition) is 2. The van der Waals surface area contributed by atoms with Crippen molar-refractivity contribution in [3.63, 3.8) is 0 Å². The fraction of sp³-hybridized carbons (Fsp3) is 0.269. The Morgan fingerprint density at radius 2 is 1.94 bits per heavy atom. The second kappa shape index (κ2) is 9.80. The predicted molar refractivity (Wildman–Crippen MR) is 136 cm³/mol. The van der Waals surface area contributed by atoms with E-state index in [2.05, 4.69) is 5.10 Å². The van der Waals surface area contributed by atoms with Crippen LogP contribution in [0.3, 0.4) is 0 Å². The number of phenols is 1. The minimum Gasteiger partial charge on any atom is -0.507 e. The molecule has 3 N–H and O–H groups in total. The number of aryl methyl sites for hydroxylation is 1. The van der Waals surface area contributed by atoms with E-state index < -0.39 is 0 Å². The average Bonchev–Trinajstić information content (AvgIpc) is 3.28. The van der Waals surface area contributed by atoms with Crippen molar-refractivity contribution in [2.24, 2.45) is 11.8 Å². The lowest BCUT2D eigenvalue weighted by Crippen LogP contribution is -2.38. The van der Waals surface area contributed by atoms with E-state index in [0.717, 1.165) is 61.3 Å². The molecular formula is C26H28BN5O3. The highest BCUT2D eigenvalue weighted by Gasteiger charge is 2.24. The molecule has 2 aromatic heterocycles. The smallest absolute Gasteiger partial charge is 0.253 e. The Labute approximate surface area is 204 Å². The second-order valence-corrected chi connectivity index (χ2v) is 9.13. The van der Waals surface area contributed by atoms with E-state index in [0.29, 0.717) is 22.8 Å². The fourth-order valence-electron chi connectivity index (χ4n) is 4.80. The van der Waals surface area contributed by atoms with E-state index in [9.17, 15) is 9.90 Å². The molecular weight excluding hydrogens is 441 g/mol. The number of rotatable bonds is 6. The normalized spacial score (nSPS) is 14.4. The first-order chi connectivity index (χ1) is 17.0. The number of benzene rings is 2. The van der Waals surface area contributed by atoms with Gasteiger partial charge in [-0.05, 0) is 73.5 Å². The molecule has 0 bridgehead atoms. The van der Waals surface area contributed by atoms with Gasteiger partial charge in [-0.1, -0.05) is 18.2 Å². The lowest BCUT2D eigenvalue weighted by atomic mass is 9.91. The lowest BCUT2D eigenvalue weighted by molar-refractivity contribution is 0.0686. The van der Waals surface area contributed by atoms with E-state index in [-0.39, 0.29) is 11.7 Å². The number of fused-ring (bicyclic) bond motifs is 1. The maximum absolute atomic E-state index is 12.9. The average molecular weight is 469 g/mol. The van der Waals surface area contributed by atoms with Crippen LogP contribution in [0.15, 0.2) is 60.8 Å². The van der Waals surface area contributed by atoms with E-state index in [1.165, 1.54) is 0 Å². The Bertz CT molecular complexity index is 1360. The van der Waals surface area contributed by atoms with Gasteiger partial charge in [-0.25, -0.2) is 9.50 Å². The quantitative estimate of drug-likeness (QED) is 0.331. The SMILES string of the molecule is Bc1cnn2c(CCC3CCN(C(=O)c4cccc(ON)c4)CC3)cc(-c3ccccc3O)nc12. The van der Waals surface area contributed by atoms with Crippen molar-refractivity contribution >= 4 is 24.9 Å². The van der Waals surface area contributed by atoms with Crippen LogP contribution in [0.25, 0.3) is 16.9 Å². The van der Waals surface area contributed by atoms with Crippen molar-refractivity contribution in [1.82, 2.24) is 19.5 Å². The van der Waals surface area contributed by atoms with Crippen LogP contribution in [-0.4, -0.2) is 51.4 Å². The van der Waals surface area contributed by atoms with Gasteiger partial charge < -0.3 is 14.8 Å². The zero-order chi connectivity index (χ0) is 24.4. The molecule has 178 valence electrons. The molecule has 2 aromatic carbocycles. The third kappa shape index (κ3) is 4.72. The molecule has 5 rings (SSSR count). The number of nitrogens with zero attached hydrogens (tertiary/aromatic N) is 4. The van der Waals surface area contributed by atoms with Crippen LogP contribution in [0.5, 0.6) is 11.5 Å². The van der Waals surface area contributed by atoms with Crippen molar-refractivity contribution in [3.8, 4) is 22.8 Å². The summed E-state index contributed by atoms with van der Waals surface area (Å²) < 4.78 is 1.91. The summed E-state index contributed by atoms with van der Waals surface area (Å²) in [6.07, 6.45) is 5.58. The van der Waals surface area contributed by atoms with E-state index in [1.807, 2.05) is 47.7 Å². The minimum atomic E-state index is 0.0116. The molecule has 0 spiro atoms. The summed E-state index contributed by atoms with van der Waals surface area (Å²) in [4.78, 5) is 24.3. The summed E-state index contributed by atoms with van der Waals surface area (Å²) in [6, 6.07) is 16.3. The van der Waals surface area contributed by atoms with Gasteiger partial charge >= 0.3 is 0 Å². The number of likely N-dealkylation sites (tertiary alicyclic amines) is 1. The molecule has 4 aromatic rings. The summed E-state index contributed by atoms with van der Waals surface area (Å²) in [5.74, 6) is 6.46. The van der Waals surface area contributed by atoms with Gasteiger partial charge in [0.2, 0.25) is 0 Å². The number of piperidine rings is 1. The number of para-hydroxylation sites is 1. The van der Waals surface area contributed by atoms with Crippen molar-refractivity contribution in [1.29, 1.82) is 0 Å². The monoisotopic (exact) mass is 469 g/mol. The van der Waals surface area contributed by atoms with Crippen LogP contribution in [0.2, 0.25) is 0 Å². The molecule has 1 amide bonds. The summed E-state index contributed by atoms with van der Waals surface area (Å²) >= 11 is 0. The number of phenolic OH excluding ortho intramolecular Hbond substituents is 1. The number of aromatic nitrogens is 3. The molecule has 1 saturated heterocycles. The van der Waals surface area contributed by atoms with Gasteiger partial charge in [-0.3, -0.25) is 4.79 Å². The van der Waals surface area contributed by atoms with E-state index in [4.69, 9.17) is 15.7 Å². The fourth-order valence-corrected chi connectivity index (χ4v) is 4.80. The topological polar surface area (TPSA) is 106 Å². The standard InChI is InChI=1S/C26H28BN5O3/c27-22-16-29-32-19(15-23(30-25(22)32)21-6-1-2-7-24(21)33)9-8-17-10-12-31(13-11-17)26(34)18-4-3-5-20(14-18)35-28/h1-7,14-17,33H,8-13,27-28H2. The number of amides is 1. The van der Waals surface area contributed by atoms with Crippen molar-refractivity contribution in [3.05, 3.63) is 72.1 Å². The summed E-state index contributed by atoms with van der Waals surface area (Å²) in [6.45, 7) is 1.46. The van der Waals surface area contributed by atoms with Gasteiger partial charge in [-0.2, -0.15) is 11.0 Å². The molecule has 0 unspecified atom stereocenters. The van der Waals surface area contributed by atoms with Crippen LogP contribution in [0.1, 0.15) is 35.3 Å². The third-order valence-electron chi connectivity index (χ3n) is 6.83. The first kappa shape index (κ1) is 22.9. The molecule has 0 saturated carbocycles. The van der Waals surface area contributed by atoms with Gasteiger partial charge in [0.1, 0.15) is 25.0 Å². The molecule has 0 atom stereocenters. The van der Waals surface area contributed by atoms with Gasteiger partial charge in [0.15, 0.2) is 0 Å². The number of nitrogens with two attached hydrogens (primary N) is 1. The molecule has 9 heteroatoms. The van der Waals surface area contributed by atoms with Crippen LogP contribution < -0.4 is 16.2 Å². The minimum absolute atomic E-state index is 0.0116. The molecule has 1 aliphatic heterocycles. The third-order valence-corrected chi connectivity index (χ3v) is 6.83. The maximum Gasteiger partial charge on any atom is 0.253 e. The molecule has 0 radical (unpaired) electrons. The maximum atomic E-state index is 12.9. The van der Waals surface area contributed by atoms with Crippen LogP contribution in [0.4, 0.5) is 0 Å². The largest absolute Gasteiger partial charge is 0.507 e. The lowest BCUT2D eigenvalue weighted by Gasteiger charge is -2.32. The molecule has 35 heavy (non-hydrogen) atoms. The molecule has 1 fully saturated rings. The van der Waals surface area contributed by atoms with Gasteiger partial charge in [0.05, 0.1) is 5.69 Å². The molecule has 8 nitrogen and oxygen atoms in total. The van der Waals surface area contributed by atoms with Gasteiger partial charge in [-0.15, -0.1) is 0 Å². The Balaban J connectivity index is 1.27. The first-order valence-corrected chi connectivity index (χ1v) is 11.9. The molecule has 3 heterocycles. The molecule has 1 aliphatic rings. The van der Waals surface area contributed by atoms with Crippen molar-refractivity contribution < 1.29 is 14.7 Å². The zero-order valence-electron chi connectivity index (χ0n) is 19.7. The van der Waals surface area contributed by atoms with E-state index >= 15 is 0 Å². The Morgan fingerprint density at radius 1 is 1.14 bits per heavy atom. The van der Waals surface area contributed by atoms with Crippen LogP contribution in [-0.2, 0) is 6.42 Å². The van der Waals surface area contributed by atoms with Crippen molar-refractivity contribution in [2.75, 3.05) is 13.1 Å². The van der Waals surface area contributed by atoms with Gasteiger partial charge in [0, 0.05) is 36.1 Å². The highest BCUT2D eigenvalue weighted by atomic mass is 16.6. The highest BCUT2D eigenvalue weighted by molar-refractivity contribution is 6.36. The predicted octanol–water partition coefficient (Wildman–Crippen LogP) is 2.10. The molecule has 0 aliphatic carbocycles. The number of aromatic hydroxyl groups is 1. The Kier molecular flexibility index (Phi) is 6.42. The first-order valence-electron chi connectivity index (χ1n) is 11.9. The van der Waals surface area contributed by atoms with Crippen LogP contribution >= 0.6 is 0 Å². The van der Waals surface area contributed by atoms with Gasteiger partial charge in [0.25, 0.3) is 5.91 Å². The van der Waals surface area contributed by atoms with Crippen molar-refractivity contribution in [2.45, 2.75) is 25.7 Å². The van der Waals surface area contributed by atoms with E-state index in [1.54, 1.807) is 30.3 Å². The zero-order valence-corrected chi connectivity index (χ0v) is 19.7. The van der Waals surface area contributed by atoms with Crippen LogP contribution in [0, 0.1) is 5.92 Å². The number of carbonyl (C=O) groups is 1.